The lowest BCUT2D eigenvalue weighted by atomic mass is 9.91. The van der Waals surface area contributed by atoms with Crippen LogP contribution in [0.25, 0.3) is 0 Å². The minimum absolute atomic E-state index is 0.273. The van der Waals surface area contributed by atoms with Crippen LogP contribution < -0.4 is 0 Å². The lowest BCUT2D eigenvalue weighted by Gasteiger charge is -2.13. The average Bonchev–Trinajstić information content (AvgIpc) is 1.84. The Bertz CT molecular complexity index is 120. The van der Waals surface area contributed by atoms with Gasteiger partial charge in [-0.05, 0) is 24.7 Å². The van der Waals surface area contributed by atoms with E-state index in [9.17, 15) is 0 Å². The van der Waals surface area contributed by atoms with E-state index in [0.29, 0.717) is 11.8 Å². The van der Waals surface area contributed by atoms with Gasteiger partial charge in [0.2, 0.25) is 0 Å². The molecule has 0 aromatic carbocycles. The zero-order valence-corrected chi connectivity index (χ0v) is 8.09. The van der Waals surface area contributed by atoms with Crippen molar-refractivity contribution < 1.29 is 0 Å². The van der Waals surface area contributed by atoms with Gasteiger partial charge in [-0.3, -0.25) is 0 Å². The topological polar surface area (TPSA) is 23.8 Å². The normalized spacial score (nSPS) is 11.1. The molecule has 0 aliphatic carbocycles. The lowest BCUT2D eigenvalue weighted by molar-refractivity contribution is 0.407. The van der Waals surface area contributed by atoms with Gasteiger partial charge in [0.1, 0.15) is 0 Å². The third kappa shape index (κ3) is 5.91. The summed E-state index contributed by atoms with van der Waals surface area (Å²) in [4.78, 5) is 0. The van der Waals surface area contributed by atoms with Crippen LogP contribution in [-0.2, 0) is 0 Å². The first-order valence-corrected chi connectivity index (χ1v) is 4.45. The van der Waals surface area contributed by atoms with E-state index in [1.54, 1.807) is 0 Å². The molecule has 0 aliphatic rings. The van der Waals surface area contributed by atoms with Gasteiger partial charge in [0, 0.05) is 5.92 Å². The summed E-state index contributed by atoms with van der Waals surface area (Å²) in [5.41, 5.74) is 0. The number of hydrogen-bond acceptors (Lipinski definition) is 1. The first kappa shape index (κ1) is 10.5. The van der Waals surface area contributed by atoms with Crippen LogP contribution in [0.3, 0.4) is 0 Å². The molecule has 0 amide bonds. The second kappa shape index (κ2) is 5.18. The van der Waals surface area contributed by atoms with Crippen LogP contribution >= 0.6 is 0 Å². The molecular weight excluding hydrogens is 134 g/mol. The van der Waals surface area contributed by atoms with Crippen LogP contribution in [0.15, 0.2) is 0 Å². The molecule has 0 aromatic rings. The van der Waals surface area contributed by atoms with Gasteiger partial charge in [0.05, 0.1) is 6.07 Å². The van der Waals surface area contributed by atoms with E-state index in [-0.39, 0.29) is 5.92 Å². The van der Waals surface area contributed by atoms with E-state index >= 15 is 0 Å². The predicted molar refractivity (Wildman–Crippen MR) is 48.0 cm³/mol. The molecular formula is C10H19N. The second-order valence-corrected chi connectivity index (χ2v) is 4.09. The van der Waals surface area contributed by atoms with Crippen LogP contribution in [0.4, 0.5) is 0 Å². The summed E-state index contributed by atoms with van der Waals surface area (Å²) in [6.07, 6.45) is 2.10. The second-order valence-electron chi connectivity index (χ2n) is 4.09. The molecule has 1 heteroatoms. The maximum absolute atomic E-state index is 8.77. The molecule has 0 heterocycles. The van der Waals surface area contributed by atoms with Gasteiger partial charge < -0.3 is 0 Å². The summed E-state index contributed by atoms with van der Waals surface area (Å²) >= 11 is 0. The van der Waals surface area contributed by atoms with Crippen molar-refractivity contribution in [3.8, 4) is 6.07 Å². The summed E-state index contributed by atoms with van der Waals surface area (Å²) < 4.78 is 0. The minimum atomic E-state index is 0.273. The molecule has 0 aromatic heterocycles. The van der Waals surface area contributed by atoms with Gasteiger partial charge in [-0.15, -0.1) is 0 Å². The van der Waals surface area contributed by atoms with Crippen molar-refractivity contribution in [1.82, 2.24) is 0 Å². The van der Waals surface area contributed by atoms with Crippen LogP contribution in [0.1, 0.15) is 40.5 Å². The fraction of sp³-hybridized carbons (Fsp3) is 0.900. The molecule has 0 saturated heterocycles. The summed E-state index contributed by atoms with van der Waals surface area (Å²) in [5, 5.41) is 8.77. The highest BCUT2D eigenvalue weighted by atomic mass is 14.3. The van der Waals surface area contributed by atoms with Gasteiger partial charge in [0.15, 0.2) is 0 Å². The maximum Gasteiger partial charge on any atom is 0.0655 e. The van der Waals surface area contributed by atoms with Crippen LogP contribution in [0, 0.1) is 29.1 Å². The summed E-state index contributed by atoms with van der Waals surface area (Å²) in [6, 6.07) is 2.36. The Labute approximate surface area is 70.4 Å². The van der Waals surface area contributed by atoms with Crippen molar-refractivity contribution in [2.24, 2.45) is 17.8 Å². The van der Waals surface area contributed by atoms with Gasteiger partial charge in [-0.25, -0.2) is 0 Å². The average molecular weight is 153 g/mol. The molecule has 1 nitrogen and oxygen atoms in total. The van der Waals surface area contributed by atoms with Crippen molar-refractivity contribution in [2.45, 2.75) is 40.5 Å². The highest BCUT2D eigenvalue weighted by molar-refractivity contribution is 4.83. The Balaban J connectivity index is 3.70. The van der Waals surface area contributed by atoms with Crippen LogP contribution in [0.2, 0.25) is 0 Å². The zero-order valence-electron chi connectivity index (χ0n) is 8.09. The number of hydrogen-bond donors (Lipinski definition) is 0. The van der Waals surface area contributed by atoms with Crippen molar-refractivity contribution in [3.63, 3.8) is 0 Å². The molecule has 0 spiro atoms. The molecule has 0 unspecified atom stereocenters. The smallest absolute Gasteiger partial charge is 0.0655 e. The van der Waals surface area contributed by atoms with E-state index in [2.05, 4.69) is 33.8 Å². The molecule has 0 rings (SSSR count). The monoisotopic (exact) mass is 153 g/mol. The maximum atomic E-state index is 8.77. The molecule has 0 bridgehead atoms. The molecule has 11 heavy (non-hydrogen) atoms. The fourth-order valence-corrected chi connectivity index (χ4v) is 1.34. The van der Waals surface area contributed by atoms with Crippen molar-refractivity contribution in [3.05, 3.63) is 0 Å². The Morgan fingerprint density at radius 1 is 1.00 bits per heavy atom. The van der Waals surface area contributed by atoms with E-state index in [1.807, 2.05) is 0 Å². The van der Waals surface area contributed by atoms with Crippen molar-refractivity contribution in [1.29, 1.82) is 5.26 Å². The molecule has 0 saturated carbocycles. The Kier molecular flexibility index (Phi) is 4.94. The highest BCUT2D eigenvalue weighted by Crippen LogP contribution is 2.18. The number of rotatable bonds is 4. The SMILES string of the molecule is CC(C)CC(C#N)CC(C)C. The lowest BCUT2D eigenvalue weighted by Crippen LogP contribution is -2.05. The third-order valence-corrected chi connectivity index (χ3v) is 1.69. The van der Waals surface area contributed by atoms with Crippen LogP contribution in [-0.4, -0.2) is 0 Å². The van der Waals surface area contributed by atoms with Crippen molar-refractivity contribution in [2.75, 3.05) is 0 Å². The third-order valence-electron chi connectivity index (χ3n) is 1.69. The molecule has 0 radical (unpaired) electrons. The molecule has 0 fully saturated rings. The zero-order chi connectivity index (χ0) is 8.85. The Morgan fingerprint density at radius 2 is 1.36 bits per heavy atom. The Hall–Kier alpha value is -0.510. The standard InChI is InChI=1S/C10H19N/c1-8(2)5-10(7-11)6-9(3)4/h8-10H,5-6H2,1-4H3. The van der Waals surface area contributed by atoms with Gasteiger partial charge in [-0.1, -0.05) is 27.7 Å². The number of nitrogens with zero attached hydrogens (tertiary/aromatic N) is 1. The predicted octanol–water partition coefficient (Wildman–Crippen LogP) is 3.22. The summed E-state index contributed by atoms with van der Waals surface area (Å²) in [7, 11) is 0. The highest BCUT2D eigenvalue weighted by Gasteiger charge is 2.10. The van der Waals surface area contributed by atoms with Crippen molar-refractivity contribution >= 4 is 0 Å². The van der Waals surface area contributed by atoms with Gasteiger partial charge in [-0.2, -0.15) is 5.26 Å². The molecule has 0 N–H and O–H groups in total. The van der Waals surface area contributed by atoms with Gasteiger partial charge in [0.25, 0.3) is 0 Å². The quantitative estimate of drug-likeness (QED) is 0.608. The molecule has 64 valence electrons. The Morgan fingerprint density at radius 3 is 1.55 bits per heavy atom. The van der Waals surface area contributed by atoms with Crippen LogP contribution in [0.5, 0.6) is 0 Å². The summed E-state index contributed by atoms with van der Waals surface area (Å²) in [5.74, 6) is 1.58. The minimum Gasteiger partial charge on any atom is -0.198 e. The summed E-state index contributed by atoms with van der Waals surface area (Å²) in [6.45, 7) is 8.69. The van der Waals surface area contributed by atoms with Gasteiger partial charge >= 0.3 is 0 Å². The largest absolute Gasteiger partial charge is 0.198 e. The first-order chi connectivity index (χ1) is 5.06. The molecule has 0 aliphatic heterocycles. The van der Waals surface area contributed by atoms with E-state index in [0.717, 1.165) is 12.8 Å². The van der Waals surface area contributed by atoms with E-state index < -0.39 is 0 Å². The molecule has 0 atom stereocenters. The van der Waals surface area contributed by atoms with E-state index in [1.165, 1.54) is 0 Å². The first-order valence-electron chi connectivity index (χ1n) is 4.45. The fourth-order valence-electron chi connectivity index (χ4n) is 1.34. The number of nitriles is 1. The van der Waals surface area contributed by atoms with E-state index in [4.69, 9.17) is 5.26 Å².